The summed E-state index contributed by atoms with van der Waals surface area (Å²) in [5, 5.41) is 5.67. The number of pyridine rings is 1. The molecule has 1 aromatic carbocycles. The molecule has 0 atom stereocenters. The molecule has 0 unspecified atom stereocenters. The van der Waals surface area contributed by atoms with Crippen LogP contribution in [0.5, 0.6) is 0 Å². The molecule has 1 aromatic heterocycles. The molecule has 28 heavy (non-hydrogen) atoms. The van der Waals surface area contributed by atoms with Crippen LogP contribution in [0.1, 0.15) is 48.8 Å². The third kappa shape index (κ3) is 6.50. The number of aryl methyl sites for hydroxylation is 1. The molecule has 146 valence electrons. The fraction of sp³-hybridized carbons (Fsp3) is 0.261. The Balaban J connectivity index is 2.08. The highest BCUT2D eigenvalue weighted by Crippen LogP contribution is 2.16. The van der Waals surface area contributed by atoms with Crippen molar-refractivity contribution in [3.05, 3.63) is 77.6 Å². The smallest absolute Gasteiger partial charge is 0.270 e. The second-order valence-electron chi connectivity index (χ2n) is 7.64. The van der Waals surface area contributed by atoms with E-state index in [2.05, 4.69) is 22.2 Å². The van der Waals surface area contributed by atoms with E-state index in [1.54, 1.807) is 18.2 Å². The fourth-order valence-electron chi connectivity index (χ4n) is 2.56. The normalized spacial score (nSPS) is 11.6. The first kappa shape index (κ1) is 21.1. The van der Waals surface area contributed by atoms with E-state index >= 15 is 0 Å². The molecule has 2 N–H and O–H groups in total. The maximum absolute atomic E-state index is 12.4. The van der Waals surface area contributed by atoms with E-state index in [0.717, 1.165) is 16.7 Å². The summed E-state index contributed by atoms with van der Waals surface area (Å²) in [4.78, 5) is 28.8. The van der Waals surface area contributed by atoms with Crippen LogP contribution in [-0.4, -0.2) is 22.3 Å². The van der Waals surface area contributed by atoms with E-state index < -0.39 is 0 Å². The standard InChI is InChI=1S/C23H27N3O2/c1-6-17(13-18-10-8-7-9-16(18)2)14-21(27)25-19-11-12-24-20(15-19)22(28)26-23(3,4)5/h6-13,15H,1,14H2,2-5H3,(H,26,28)(H,24,25,27)/b17-13+. The molecule has 0 bridgehead atoms. The zero-order chi connectivity index (χ0) is 20.7. The summed E-state index contributed by atoms with van der Waals surface area (Å²) in [7, 11) is 0. The number of carbonyl (C=O) groups excluding carboxylic acids is 2. The van der Waals surface area contributed by atoms with E-state index in [-0.39, 0.29) is 29.5 Å². The van der Waals surface area contributed by atoms with Crippen LogP contribution in [-0.2, 0) is 4.79 Å². The second kappa shape index (κ2) is 9.13. The summed E-state index contributed by atoms with van der Waals surface area (Å²) in [5.74, 6) is -0.469. The predicted octanol–water partition coefficient (Wildman–Crippen LogP) is 4.52. The summed E-state index contributed by atoms with van der Waals surface area (Å²) in [5.41, 5.74) is 3.41. The lowest BCUT2D eigenvalue weighted by molar-refractivity contribution is -0.115. The molecule has 2 rings (SSSR count). The fourth-order valence-corrected chi connectivity index (χ4v) is 2.56. The van der Waals surface area contributed by atoms with Gasteiger partial charge < -0.3 is 10.6 Å². The number of amides is 2. The summed E-state index contributed by atoms with van der Waals surface area (Å²) in [6, 6.07) is 11.2. The molecular formula is C23H27N3O2. The van der Waals surface area contributed by atoms with Gasteiger partial charge >= 0.3 is 0 Å². The van der Waals surface area contributed by atoms with Crippen LogP contribution < -0.4 is 10.6 Å². The number of allylic oxidation sites excluding steroid dienone is 1. The molecule has 0 fully saturated rings. The highest BCUT2D eigenvalue weighted by atomic mass is 16.2. The van der Waals surface area contributed by atoms with Crippen LogP contribution in [0.2, 0.25) is 0 Å². The number of anilines is 1. The van der Waals surface area contributed by atoms with E-state index in [9.17, 15) is 9.59 Å². The summed E-state index contributed by atoms with van der Waals surface area (Å²) in [6.07, 6.45) is 5.33. The molecule has 5 nitrogen and oxygen atoms in total. The minimum absolute atomic E-state index is 0.184. The minimum atomic E-state index is -0.364. The lowest BCUT2D eigenvalue weighted by Gasteiger charge is -2.20. The van der Waals surface area contributed by atoms with Gasteiger partial charge in [-0.1, -0.05) is 43.0 Å². The summed E-state index contributed by atoms with van der Waals surface area (Å²) < 4.78 is 0. The van der Waals surface area contributed by atoms with Gasteiger partial charge in [0.2, 0.25) is 5.91 Å². The van der Waals surface area contributed by atoms with Gasteiger partial charge in [-0.15, -0.1) is 0 Å². The number of nitrogens with zero attached hydrogens (tertiary/aromatic N) is 1. The summed E-state index contributed by atoms with van der Waals surface area (Å²) >= 11 is 0. The Labute approximate surface area is 166 Å². The average molecular weight is 377 g/mol. The van der Waals surface area contributed by atoms with Gasteiger partial charge in [0, 0.05) is 17.4 Å². The van der Waals surface area contributed by atoms with Crippen molar-refractivity contribution in [1.82, 2.24) is 10.3 Å². The van der Waals surface area contributed by atoms with Crippen LogP contribution in [0.3, 0.4) is 0 Å². The van der Waals surface area contributed by atoms with Gasteiger partial charge in [0.15, 0.2) is 0 Å². The van der Waals surface area contributed by atoms with E-state index in [1.807, 2.05) is 58.0 Å². The maximum Gasteiger partial charge on any atom is 0.270 e. The topological polar surface area (TPSA) is 71.1 Å². The molecule has 2 aromatic rings. The Morgan fingerprint density at radius 3 is 2.54 bits per heavy atom. The van der Waals surface area contributed by atoms with E-state index in [1.165, 1.54) is 6.20 Å². The van der Waals surface area contributed by atoms with Gasteiger partial charge in [0.05, 0.1) is 6.42 Å². The lowest BCUT2D eigenvalue weighted by atomic mass is 10.0. The number of rotatable bonds is 6. The quantitative estimate of drug-likeness (QED) is 0.727. The molecular weight excluding hydrogens is 350 g/mol. The summed E-state index contributed by atoms with van der Waals surface area (Å²) in [6.45, 7) is 11.5. The van der Waals surface area contributed by atoms with Gasteiger partial charge in [-0.2, -0.15) is 0 Å². The highest BCUT2D eigenvalue weighted by molar-refractivity contribution is 5.96. The number of hydrogen-bond acceptors (Lipinski definition) is 3. The first-order chi connectivity index (χ1) is 13.2. The predicted molar refractivity (Wildman–Crippen MR) is 114 cm³/mol. The highest BCUT2D eigenvalue weighted by Gasteiger charge is 2.16. The molecule has 0 aliphatic heterocycles. The van der Waals surface area contributed by atoms with Crippen LogP contribution in [0.15, 0.2) is 60.8 Å². The van der Waals surface area contributed by atoms with Gasteiger partial charge in [-0.05, 0) is 56.5 Å². The molecule has 1 heterocycles. The van der Waals surface area contributed by atoms with Crippen molar-refractivity contribution in [3.8, 4) is 0 Å². The first-order valence-electron chi connectivity index (χ1n) is 9.15. The SMILES string of the molecule is C=C/C(=C\c1ccccc1C)CC(=O)Nc1ccnc(C(=O)NC(C)(C)C)c1. The monoisotopic (exact) mass is 377 g/mol. The Morgan fingerprint density at radius 2 is 1.89 bits per heavy atom. The number of carbonyl (C=O) groups is 2. The Morgan fingerprint density at radius 1 is 1.18 bits per heavy atom. The van der Waals surface area contributed by atoms with Crippen LogP contribution in [0, 0.1) is 6.92 Å². The van der Waals surface area contributed by atoms with Gasteiger partial charge in [0.1, 0.15) is 5.69 Å². The van der Waals surface area contributed by atoms with Crippen molar-refractivity contribution in [2.45, 2.75) is 39.7 Å². The molecule has 0 spiro atoms. The third-order valence-corrected chi connectivity index (χ3v) is 3.92. The van der Waals surface area contributed by atoms with Crippen molar-refractivity contribution >= 4 is 23.6 Å². The van der Waals surface area contributed by atoms with Gasteiger partial charge in [-0.3, -0.25) is 14.6 Å². The zero-order valence-corrected chi connectivity index (χ0v) is 16.9. The van der Waals surface area contributed by atoms with Crippen LogP contribution in [0.4, 0.5) is 5.69 Å². The number of benzene rings is 1. The lowest BCUT2D eigenvalue weighted by Crippen LogP contribution is -2.40. The zero-order valence-electron chi connectivity index (χ0n) is 16.9. The molecule has 0 saturated heterocycles. The largest absolute Gasteiger partial charge is 0.346 e. The van der Waals surface area contributed by atoms with Crippen molar-refractivity contribution in [3.63, 3.8) is 0 Å². The van der Waals surface area contributed by atoms with E-state index in [4.69, 9.17) is 0 Å². The number of aromatic nitrogens is 1. The van der Waals surface area contributed by atoms with Crippen molar-refractivity contribution in [1.29, 1.82) is 0 Å². The third-order valence-electron chi connectivity index (χ3n) is 3.92. The van der Waals surface area contributed by atoms with Crippen LogP contribution in [0.25, 0.3) is 6.08 Å². The van der Waals surface area contributed by atoms with Crippen LogP contribution >= 0.6 is 0 Å². The molecule has 0 saturated carbocycles. The second-order valence-corrected chi connectivity index (χ2v) is 7.64. The van der Waals surface area contributed by atoms with Gasteiger partial charge in [0.25, 0.3) is 5.91 Å². The molecule has 0 aliphatic rings. The van der Waals surface area contributed by atoms with Gasteiger partial charge in [-0.25, -0.2) is 0 Å². The number of nitrogens with one attached hydrogen (secondary N) is 2. The Kier molecular flexibility index (Phi) is 6.88. The Hall–Kier alpha value is -3.21. The Bertz CT molecular complexity index is 908. The van der Waals surface area contributed by atoms with E-state index in [0.29, 0.717) is 5.69 Å². The minimum Gasteiger partial charge on any atom is -0.346 e. The average Bonchev–Trinajstić information content (AvgIpc) is 2.61. The molecule has 5 heteroatoms. The number of hydrogen-bond donors (Lipinski definition) is 2. The molecule has 2 amide bonds. The first-order valence-corrected chi connectivity index (χ1v) is 9.15. The molecule has 0 radical (unpaired) electrons. The van der Waals surface area contributed by atoms with Crippen molar-refractivity contribution in [2.24, 2.45) is 0 Å². The molecule has 0 aliphatic carbocycles. The maximum atomic E-state index is 12.4. The van der Waals surface area contributed by atoms with Crippen molar-refractivity contribution in [2.75, 3.05) is 5.32 Å². The van der Waals surface area contributed by atoms with Crippen molar-refractivity contribution < 1.29 is 9.59 Å².